The summed E-state index contributed by atoms with van der Waals surface area (Å²) in [4.78, 5) is 24.0. The van der Waals surface area contributed by atoms with Gasteiger partial charge < -0.3 is 20.3 Å². The molecule has 8 nitrogen and oxygen atoms in total. The number of carbonyl (C=O) groups excluding carboxylic acids is 1. The van der Waals surface area contributed by atoms with Gasteiger partial charge in [0.1, 0.15) is 5.75 Å². The fraction of sp³-hybridized carbons (Fsp3) is 0.333. The highest BCUT2D eigenvalue weighted by molar-refractivity contribution is 5.99. The van der Waals surface area contributed by atoms with Crippen molar-refractivity contribution in [3.8, 4) is 23.1 Å². The van der Waals surface area contributed by atoms with Gasteiger partial charge in [-0.05, 0) is 50.4 Å². The second kappa shape index (κ2) is 10.5. The highest BCUT2D eigenvalue weighted by Crippen LogP contribution is 2.35. The van der Waals surface area contributed by atoms with Gasteiger partial charge in [0, 0.05) is 47.9 Å². The normalized spacial score (nSPS) is 18.0. The fourth-order valence-corrected chi connectivity index (χ4v) is 4.35. The zero-order valence-electron chi connectivity index (χ0n) is 20.3. The standard InChI is InChI=1S/C27H30N6O2/c1-17(15-28)16-30-25-22-14-20(6-5-19(22)7-8-24(25)35-4)23-9-11-29-26(32-23)27(34)31-21-10-12-33(3)18(2)13-21/h5-9,11,14,18,21,30H,1,10,12-13,16H2,2-4H3,(H,31,34)/t18-,21+/m0/s1. The van der Waals surface area contributed by atoms with E-state index >= 15 is 0 Å². The van der Waals surface area contributed by atoms with Crippen LogP contribution in [0.1, 0.15) is 30.4 Å². The molecule has 0 unspecified atom stereocenters. The molecular weight excluding hydrogens is 440 g/mol. The van der Waals surface area contributed by atoms with Crippen LogP contribution in [0.25, 0.3) is 22.0 Å². The number of rotatable bonds is 7. The number of hydrogen-bond acceptors (Lipinski definition) is 7. The lowest BCUT2D eigenvalue weighted by Gasteiger charge is -2.35. The quantitative estimate of drug-likeness (QED) is 0.503. The number of aromatic nitrogens is 2. The smallest absolute Gasteiger partial charge is 0.289 e. The maximum Gasteiger partial charge on any atom is 0.289 e. The van der Waals surface area contributed by atoms with E-state index in [0.29, 0.717) is 29.6 Å². The number of nitrogens with zero attached hydrogens (tertiary/aromatic N) is 4. The Kier molecular flexibility index (Phi) is 7.28. The van der Waals surface area contributed by atoms with Gasteiger partial charge in [0.25, 0.3) is 5.91 Å². The van der Waals surface area contributed by atoms with E-state index in [1.807, 2.05) is 30.3 Å². The summed E-state index contributed by atoms with van der Waals surface area (Å²) in [5, 5.41) is 17.4. The zero-order chi connectivity index (χ0) is 24.9. The van der Waals surface area contributed by atoms with Gasteiger partial charge in [-0.15, -0.1) is 0 Å². The maximum atomic E-state index is 12.9. The Labute approximate surface area is 205 Å². The summed E-state index contributed by atoms with van der Waals surface area (Å²) >= 11 is 0. The number of amides is 1. The highest BCUT2D eigenvalue weighted by Gasteiger charge is 2.25. The Balaban J connectivity index is 1.62. The Morgan fingerprint density at radius 2 is 2.11 bits per heavy atom. The lowest BCUT2D eigenvalue weighted by Crippen LogP contribution is -2.47. The number of fused-ring (bicyclic) bond motifs is 1. The second-order valence-corrected chi connectivity index (χ2v) is 8.94. The molecule has 0 radical (unpaired) electrons. The van der Waals surface area contributed by atoms with Gasteiger partial charge in [-0.1, -0.05) is 24.8 Å². The number of benzene rings is 2. The molecule has 1 amide bonds. The summed E-state index contributed by atoms with van der Waals surface area (Å²) in [7, 11) is 3.71. The van der Waals surface area contributed by atoms with Gasteiger partial charge in [-0.2, -0.15) is 5.26 Å². The molecule has 1 aliphatic heterocycles. The number of piperidine rings is 1. The van der Waals surface area contributed by atoms with Crippen LogP contribution >= 0.6 is 0 Å². The van der Waals surface area contributed by atoms with Crippen molar-refractivity contribution in [1.82, 2.24) is 20.2 Å². The summed E-state index contributed by atoms with van der Waals surface area (Å²) in [6.45, 7) is 7.17. The number of anilines is 1. The molecule has 2 N–H and O–H groups in total. The van der Waals surface area contributed by atoms with Crippen LogP contribution in [-0.4, -0.2) is 60.1 Å². The molecule has 0 aliphatic carbocycles. The van der Waals surface area contributed by atoms with Gasteiger partial charge in [0.2, 0.25) is 5.82 Å². The van der Waals surface area contributed by atoms with Crippen LogP contribution in [0.4, 0.5) is 5.69 Å². The molecule has 1 fully saturated rings. The molecule has 2 heterocycles. The van der Waals surface area contributed by atoms with Gasteiger partial charge in [-0.25, -0.2) is 9.97 Å². The summed E-state index contributed by atoms with van der Waals surface area (Å²) in [6, 6.07) is 14.2. The number of carbonyl (C=O) groups is 1. The summed E-state index contributed by atoms with van der Waals surface area (Å²) in [5.41, 5.74) is 2.69. The molecule has 2 aromatic carbocycles. The van der Waals surface area contributed by atoms with Crippen LogP contribution in [0.5, 0.6) is 5.75 Å². The molecule has 0 saturated carbocycles. The van der Waals surface area contributed by atoms with Gasteiger partial charge in [0.05, 0.1) is 24.6 Å². The van der Waals surface area contributed by atoms with Gasteiger partial charge in [0.15, 0.2) is 0 Å². The SMILES string of the molecule is C=C(C#N)CNc1c(OC)ccc2ccc(-c3ccnc(C(=O)N[C@@H]4CCN(C)[C@@H](C)C4)n3)cc12. The van der Waals surface area contributed by atoms with Crippen molar-refractivity contribution in [1.29, 1.82) is 5.26 Å². The van der Waals surface area contributed by atoms with Crippen LogP contribution in [0, 0.1) is 11.3 Å². The molecule has 3 aromatic rings. The van der Waals surface area contributed by atoms with E-state index in [9.17, 15) is 4.79 Å². The lowest BCUT2D eigenvalue weighted by molar-refractivity contribution is 0.0886. The Morgan fingerprint density at radius 1 is 1.31 bits per heavy atom. The van der Waals surface area contributed by atoms with Gasteiger partial charge >= 0.3 is 0 Å². The van der Waals surface area contributed by atoms with Crippen molar-refractivity contribution < 1.29 is 9.53 Å². The van der Waals surface area contributed by atoms with E-state index in [1.165, 1.54) is 0 Å². The molecule has 180 valence electrons. The number of methoxy groups -OCH3 is 1. The summed E-state index contributed by atoms with van der Waals surface area (Å²) < 4.78 is 5.55. The Hall–Kier alpha value is -3.96. The first kappa shape index (κ1) is 24.2. The second-order valence-electron chi connectivity index (χ2n) is 8.94. The van der Waals surface area contributed by atoms with Crippen LogP contribution in [0.15, 0.2) is 54.7 Å². The first-order chi connectivity index (χ1) is 16.9. The van der Waals surface area contributed by atoms with E-state index in [2.05, 4.69) is 52.1 Å². The van der Waals surface area contributed by atoms with Crippen molar-refractivity contribution in [2.24, 2.45) is 0 Å². The molecule has 4 rings (SSSR count). The molecule has 1 aromatic heterocycles. The molecule has 1 aliphatic rings. The van der Waals surface area contributed by atoms with Crippen LogP contribution in [-0.2, 0) is 0 Å². The fourth-order valence-electron chi connectivity index (χ4n) is 4.35. The third-order valence-corrected chi connectivity index (χ3v) is 6.54. The largest absolute Gasteiger partial charge is 0.495 e. The van der Waals surface area contributed by atoms with Crippen molar-refractivity contribution in [3.05, 3.63) is 60.6 Å². The third kappa shape index (κ3) is 5.42. The van der Waals surface area contributed by atoms with Crippen LogP contribution < -0.4 is 15.4 Å². The van der Waals surface area contributed by atoms with E-state index in [4.69, 9.17) is 10.00 Å². The molecule has 2 atom stereocenters. The number of hydrogen-bond donors (Lipinski definition) is 2. The molecule has 35 heavy (non-hydrogen) atoms. The molecule has 8 heteroatoms. The summed E-state index contributed by atoms with van der Waals surface area (Å²) in [5.74, 6) is 0.562. The Morgan fingerprint density at radius 3 is 2.86 bits per heavy atom. The molecule has 0 spiro atoms. The summed E-state index contributed by atoms with van der Waals surface area (Å²) in [6.07, 6.45) is 3.43. The van der Waals surface area contributed by atoms with Crippen molar-refractivity contribution >= 4 is 22.4 Å². The van der Waals surface area contributed by atoms with Crippen molar-refractivity contribution in [3.63, 3.8) is 0 Å². The van der Waals surface area contributed by atoms with Gasteiger partial charge in [-0.3, -0.25) is 4.79 Å². The van der Waals surface area contributed by atoms with E-state index in [1.54, 1.807) is 19.4 Å². The topological polar surface area (TPSA) is 103 Å². The first-order valence-corrected chi connectivity index (χ1v) is 11.7. The molecule has 1 saturated heterocycles. The number of nitriles is 1. The molecule has 0 bridgehead atoms. The predicted molar refractivity (Wildman–Crippen MR) is 137 cm³/mol. The highest BCUT2D eigenvalue weighted by atomic mass is 16.5. The zero-order valence-corrected chi connectivity index (χ0v) is 20.3. The minimum absolute atomic E-state index is 0.117. The number of likely N-dealkylation sites (tertiary alicyclic amines) is 1. The third-order valence-electron chi connectivity index (χ3n) is 6.54. The number of ether oxygens (including phenoxy) is 1. The first-order valence-electron chi connectivity index (χ1n) is 11.7. The van der Waals surface area contributed by atoms with E-state index in [0.717, 1.165) is 41.4 Å². The maximum absolute atomic E-state index is 12.9. The van der Waals surface area contributed by atoms with E-state index < -0.39 is 0 Å². The average Bonchev–Trinajstić information content (AvgIpc) is 2.88. The lowest BCUT2D eigenvalue weighted by atomic mass is 9.99. The number of nitrogens with one attached hydrogen (secondary N) is 2. The van der Waals surface area contributed by atoms with Crippen molar-refractivity contribution in [2.75, 3.05) is 32.6 Å². The monoisotopic (exact) mass is 470 g/mol. The average molecular weight is 471 g/mol. The van der Waals surface area contributed by atoms with Crippen molar-refractivity contribution in [2.45, 2.75) is 31.8 Å². The molecular formula is C27H30N6O2. The Bertz CT molecular complexity index is 1300. The minimum Gasteiger partial charge on any atom is -0.495 e. The predicted octanol–water partition coefficient (Wildman–Crippen LogP) is 4.01. The minimum atomic E-state index is -0.256. The van der Waals surface area contributed by atoms with Crippen LogP contribution in [0.3, 0.4) is 0 Å². The van der Waals surface area contributed by atoms with Crippen LogP contribution in [0.2, 0.25) is 0 Å². The van der Waals surface area contributed by atoms with E-state index in [-0.39, 0.29) is 17.8 Å².